The van der Waals surface area contributed by atoms with Gasteiger partial charge in [-0.05, 0) is 44.0 Å². The van der Waals surface area contributed by atoms with Crippen molar-refractivity contribution in [3.8, 4) is 0 Å². The number of carbonyl (C=O) groups excluding carboxylic acids is 1. The fourth-order valence-electron chi connectivity index (χ4n) is 3.50. The quantitative estimate of drug-likeness (QED) is 0.871. The number of hydrogen-bond donors (Lipinski definition) is 1. The summed E-state index contributed by atoms with van der Waals surface area (Å²) in [5.74, 6) is -0.333. The molecule has 21 heavy (non-hydrogen) atoms. The molecule has 1 N–H and O–H groups in total. The summed E-state index contributed by atoms with van der Waals surface area (Å²) in [7, 11) is 1.39. The lowest BCUT2D eigenvalue weighted by Gasteiger charge is -2.33. The van der Waals surface area contributed by atoms with Gasteiger partial charge in [0.1, 0.15) is 0 Å². The first-order valence-electron chi connectivity index (χ1n) is 7.57. The molecule has 2 aliphatic rings. The van der Waals surface area contributed by atoms with E-state index in [2.05, 4.69) is 10.2 Å². The Hall–Kier alpha value is -1.26. The van der Waals surface area contributed by atoms with Crippen LogP contribution in [0.1, 0.15) is 36.0 Å². The van der Waals surface area contributed by atoms with Crippen molar-refractivity contribution in [3.63, 3.8) is 0 Å². The van der Waals surface area contributed by atoms with E-state index in [4.69, 9.17) is 16.3 Å². The third kappa shape index (κ3) is 3.01. The highest BCUT2D eigenvalue weighted by Gasteiger charge is 2.35. The average Bonchev–Trinajstić information content (AvgIpc) is 2.92. The fraction of sp³-hybridized carbons (Fsp3) is 0.562. The molecule has 0 radical (unpaired) electrons. The molecule has 0 aromatic heterocycles. The van der Waals surface area contributed by atoms with Crippen molar-refractivity contribution in [1.29, 1.82) is 0 Å². The predicted octanol–water partition coefficient (Wildman–Crippen LogP) is 3.17. The Morgan fingerprint density at radius 1 is 1.33 bits per heavy atom. The first kappa shape index (κ1) is 14.7. The van der Waals surface area contributed by atoms with E-state index in [-0.39, 0.29) is 5.97 Å². The first-order chi connectivity index (χ1) is 10.2. The van der Waals surface area contributed by atoms with E-state index < -0.39 is 0 Å². The SMILES string of the molecule is COC(=O)c1ccc(Cl)c(NC2CCN3CCCCC23)c1. The minimum atomic E-state index is -0.333. The summed E-state index contributed by atoms with van der Waals surface area (Å²) in [6.45, 7) is 2.36. The van der Waals surface area contributed by atoms with Crippen LogP contribution in [-0.4, -0.2) is 43.2 Å². The lowest BCUT2D eigenvalue weighted by atomic mass is 9.99. The van der Waals surface area contributed by atoms with E-state index in [1.54, 1.807) is 18.2 Å². The number of fused-ring (bicyclic) bond motifs is 1. The Labute approximate surface area is 130 Å². The third-order valence-electron chi connectivity index (χ3n) is 4.58. The second-order valence-electron chi connectivity index (χ2n) is 5.82. The molecule has 1 aromatic rings. The van der Waals surface area contributed by atoms with Crippen LogP contribution in [0.5, 0.6) is 0 Å². The number of ether oxygens (including phenoxy) is 1. The molecule has 2 atom stereocenters. The molecule has 1 aromatic carbocycles. The van der Waals surface area contributed by atoms with Crippen molar-refractivity contribution in [2.75, 3.05) is 25.5 Å². The zero-order valence-corrected chi connectivity index (χ0v) is 13.0. The summed E-state index contributed by atoms with van der Waals surface area (Å²) in [4.78, 5) is 14.2. The van der Waals surface area contributed by atoms with Crippen LogP contribution >= 0.6 is 11.6 Å². The molecule has 2 aliphatic heterocycles. The van der Waals surface area contributed by atoms with Gasteiger partial charge in [0.05, 0.1) is 23.4 Å². The van der Waals surface area contributed by atoms with Crippen LogP contribution in [0.4, 0.5) is 5.69 Å². The van der Waals surface area contributed by atoms with Gasteiger partial charge in [-0.2, -0.15) is 0 Å². The topological polar surface area (TPSA) is 41.6 Å². The smallest absolute Gasteiger partial charge is 0.337 e. The van der Waals surface area contributed by atoms with Crippen molar-refractivity contribution in [2.24, 2.45) is 0 Å². The Bertz CT molecular complexity index is 535. The number of nitrogens with zero attached hydrogens (tertiary/aromatic N) is 1. The van der Waals surface area contributed by atoms with Gasteiger partial charge < -0.3 is 10.1 Å². The molecule has 3 rings (SSSR count). The minimum absolute atomic E-state index is 0.333. The zero-order chi connectivity index (χ0) is 14.8. The van der Waals surface area contributed by atoms with Crippen molar-refractivity contribution in [1.82, 2.24) is 4.90 Å². The molecule has 4 nitrogen and oxygen atoms in total. The zero-order valence-electron chi connectivity index (χ0n) is 12.3. The van der Waals surface area contributed by atoms with Crippen LogP contribution in [0.3, 0.4) is 0 Å². The number of methoxy groups -OCH3 is 1. The van der Waals surface area contributed by atoms with Gasteiger partial charge in [-0.25, -0.2) is 4.79 Å². The van der Waals surface area contributed by atoms with Gasteiger partial charge in [0.25, 0.3) is 0 Å². The van der Waals surface area contributed by atoms with E-state index >= 15 is 0 Å². The van der Waals surface area contributed by atoms with Crippen LogP contribution in [0.15, 0.2) is 18.2 Å². The van der Waals surface area contributed by atoms with Crippen LogP contribution < -0.4 is 5.32 Å². The largest absolute Gasteiger partial charge is 0.465 e. The van der Waals surface area contributed by atoms with Gasteiger partial charge in [-0.15, -0.1) is 0 Å². The normalized spacial score (nSPS) is 25.4. The molecule has 2 saturated heterocycles. The van der Waals surface area contributed by atoms with Crippen LogP contribution in [0.25, 0.3) is 0 Å². The fourth-order valence-corrected chi connectivity index (χ4v) is 3.67. The van der Waals surface area contributed by atoms with Crippen molar-refractivity contribution in [3.05, 3.63) is 28.8 Å². The molecule has 0 saturated carbocycles. The maximum Gasteiger partial charge on any atom is 0.337 e. The molecule has 0 spiro atoms. The lowest BCUT2D eigenvalue weighted by Crippen LogP contribution is -2.41. The molecule has 2 heterocycles. The minimum Gasteiger partial charge on any atom is -0.465 e. The number of piperidine rings is 1. The van der Waals surface area contributed by atoms with Gasteiger partial charge in [0, 0.05) is 18.6 Å². The highest BCUT2D eigenvalue weighted by Crippen LogP contribution is 2.32. The molecule has 2 unspecified atom stereocenters. The maximum absolute atomic E-state index is 11.6. The number of rotatable bonds is 3. The maximum atomic E-state index is 11.6. The van der Waals surface area contributed by atoms with E-state index in [0.29, 0.717) is 22.7 Å². The van der Waals surface area contributed by atoms with E-state index in [1.165, 1.54) is 32.9 Å². The number of nitrogens with one attached hydrogen (secondary N) is 1. The van der Waals surface area contributed by atoms with Gasteiger partial charge in [0.2, 0.25) is 0 Å². The van der Waals surface area contributed by atoms with Gasteiger partial charge in [-0.1, -0.05) is 18.0 Å². The van der Waals surface area contributed by atoms with Crippen molar-refractivity contribution in [2.45, 2.75) is 37.8 Å². The summed E-state index contributed by atoms with van der Waals surface area (Å²) in [6.07, 6.45) is 4.98. The van der Waals surface area contributed by atoms with Gasteiger partial charge in [0.15, 0.2) is 0 Å². The number of halogens is 1. The second kappa shape index (κ2) is 6.24. The number of anilines is 1. The van der Waals surface area contributed by atoms with Crippen molar-refractivity contribution >= 4 is 23.3 Å². The summed E-state index contributed by atoms with van der Waals surface area (Å²) in [6, 6.07) is 6.25. The number of benzene rings is 1. The Kier molecular flexibility index (Phi) is 4.36. The monoisotopic (exact) mass is 308 g/mol. The Morgan fingerprint density at radius 2 is 2.19 bits per heavy atom. The predicted molar refractivity (Wildman–Crippen MR) is 84.0 cm³/mol. The number of esters is 1. The van der Waals surface area contributed by atoms with Gasteiger partial charge >= 0.3 is 5.97 Å². The van der Waals surface area contributed by atoms with E-state index in [0.717, 1.165) is 18.7 Å². The molecule has 5 heteroatoms. The third-order valence-corrected chi connectivity index (χ3v) is 4.91. The van der Waals surface area contributed by atoms with Crippen LogP contribution in [-0.2, 0) is 4.74 Å². The van der Waals surface area contributed by atoms with Crippen molar-refractivity contribution < 1.29 is 9.53 Å². The summed E-state index contributed by atoms with van der Waals surface area (Å²) >= 11 is 6.27. The number of carbonyl (C=O) groups is 1. The molecule has 0 aliphatic carbocycles. The highest BCUT2D eigenvalue weighted by molar-refractivity contribution is 6.33. The molecular weight excluding hydrogens is 288 g/mol. The summed E-state index contributed by atoms with van der Waals surface area (Å²) in [5.41, 5.74) is 1.36. The molecule has 114 valence electrons. The van der Waals surface area contributed by atoms with Crippen LogP contribution in [0, 0.1) is 0 Å². The Morgan fingerprint density at radius 3 is 3.00 bits per heavy atom. The number of hydrogen-bond acceptors (Lipinski definition) is 4. The summed E-state index contributed by atoms with van der Waals surface area (Å²) < 4.78 is 4.77. The second-order valence-corrected chi connectivity index (χ2v) is 6.23. The van der Waals surface area contributed by atoms with E-state index in [9.17, 15) is 4.79 Å². The molecule has 0 amide bonds. The molecule has 2 fully saturated rings. The summed E-state index contributed by atoms with van der Waals surface area (Å²) in [5, 5.41) is 4.20. The standard InChI is InChI=1S/C16H21ClN2O2/c1-21-16(20)11-5-6-12(17)14(10-11)18-13-7-9-19-8-3-2-4-15(13)19/h5-6,10,13,15,18H,2-4,7-9H2,1H3. The Balaban J connectivity index is 1.76. The van der Waals surface area contributed by atoms with E-state index in [1.807, 2.05) is 0 Å². The molecular formula is C16H21ClN2O2. The molecule has 0 bridgehead atoms. The first-order valence-corrected chi connectivity index (χ1v) is 7.95. The van der Waals surface area contributed by atoms with Gasteiger partial charge in [-0.3, -0.25) is 4.90 Å². The lowest BCUT2D eigenvalue weighted by molar-refractivity contribution is 0.0601. The van der Waals surface area contributed by atoms with Crippen LogP contribution in [0.2, 0.25) is 5.02 Å². The highest BCUT2D eigenvalue weighted by atomic mass is 35.5. The average molecular weight is 309 g/mol.